The molecule has 0 bridgehead atoms. The predicted molar refractivity (Wildman–Crippen MR) is 314 cm³/mol. The first-order valence-corrected chi connectivity index (χ1v) is 32.5. The maximum absolute atomic E-state index is 13.0. The molecule has 0 radical (unpaired) electrons. The number of nitrogens with one attached hydrogen (secondary N) is 1. The number of hydrogen-bond acceptors (Lipinski definition) is 5. The number of quaternary nitrogens is 1. The van der Waals surface area contributed by atoms with Gasteiger partial charge in [-0.15, -0.1) is 0 Å². The number of unbranched alkanes of at least 4 members (excludes halogenated alkanes) is 38. The zero-order chi connectivity index (χ0) is 52.7. The highest BCUT2D eigenvalue weighted by atomic mass is 31.2. The van der Waals surface area contributed by atoms with E-state index in [9.17, 15) is 19.4 Å². The second-order valence-electron chi connectivity index (χ2n) is 22.4. The Morgan fingerprint density at radius 3 is 1.11 bits per heavy atom. The Balaban J connectivity index is 4.23. The van der Waals surface area contributed by atoms with Crippen LogP contribution in [0, 0.1) is 0 Å². The Bertz CT molecular complexity index is 1310. The number of amides is 1. The van der Waals surface area contributed by atoms with Gasteiger partial charge in [-0.3, -0.25) is 13.8 Å². The van der Waals surface area contributed by atoms with Gasteiger partial charge in [0.25, 0.3) is 0 Å². The van der Waals surface area contributed by atoms with Crippen LogP contribution in [0.25, 0.3) is 0 Å². The Hall–Kier alpha value is -1.54. The average Bonchev–Trinajstić information content (AvgIpc) is 3.34. The molecule has 72 heavy (non-hydrogen) atoms. The van der Waals surface area contributed by atoms with Crippen molar-refractivity contribution in [2.45, 2.75) is 309 Å². The van der Waals surface area contributed by atoms with E-state index in [1.165, 1.54) is 231 Å². The highest BCUT2D eigenvalue weighted by Crippen LogP contribution is 2.43. The molecule has 9 heteroatoms. The molecule has 0 aromatic carbocycles. The van der Waals surface area contributed by atoms with Crippen LogP contribution in [-0.4, -0.2) is 73.4 Å². The number of hydrogen-bond donors (Lipinski definition) is 3. The lowest BCUT2D eigenvalue weighted by Gasteiger charge is -2.25. The number of phosphoric acid groups is 1. The van der Waals surface area contributed by atoms with E-state index in [2.05, 4.69) is 55.6 Å². The molecule has 0 saturated carbocycles. The van der Waals surface area contributed by atoms with Crippen LogP contribution in [0.5, 0.6) is 0 Å². The molecule has 3 unspecified atom stereocenters. The van der Waals surface area contributed by atoms with Crippen LogP contribution in [-0.2, 0) is 18.4 Å². The van der Waals surface area contributed by atoms with Gasteiger partial charge in [-0.2, -0.15) is 0 Å². The first kappa shape index (κ1) is 70.5. The van der Waals surface area contributed by atoms with Crippen molar-refractivity contribution in [2.75, 3.05) is 40.9 Å². The Labute approximate surface area is 448 Å². The molecule has 0 heterocycles. The molecular formula is C63H122N2O6P+. The summed E-state index contributed by atoms with van der Waals surface area (Å²) >= 11 is 0. The van der Waals surface area contributed by atoms with Crippen LogP contribution < -0.4 is 5.32 Å². The summed E-state index contributed by atoms with van der Waals surface area (Å²) in [4.78, 5) is 23.3. The lowest BCUT2D eigenvalue weighted by atomic mass is 10.0. The second-order valence-corrected chi connectivity index (χ2v) is 23.9. The highest BCUT2D eigenvalue weighted by Gasteiger charge is 2.27. The normalized spacial score (nSPS) is 14.2. The third kappa shape index (κ3) is 56.2. The molecular weight excluding hydrogens is 912 g/mol. The van der Waals surface area contributed by atoms with Crippen LogP contribution in [0.4, 0.5) is 0 Å². The third-order valence-electron chi connectivity index (χ3n) is 14.0. The number of rotatable bonds is 57. The first-order valence-electron chi connectivity index (χ1n) is 31.0. The minimum absolute atomic E-state index is 0.0533. The smallest absolute Gasteiger partial charge is 0.387 e. The molecule has 424 valence electrons. The molecule has 0 rings (SSSR count). The van der Waals surface area contributed by atoms with Gasteiger partial charge in [0.15, 0.2) is 0 Å². The summed E-state index contributed by atoms with van der Waals surface area (Å²) in [5, 5.41) is 13.9. The predicted octanol–water partition coefficient (Wildman–Crippen LogP) is 19.1. The minimum atomic E-state index is -4.36. The molecule has 3 N–H and O–H groups in total. The summed E-state index contributed by atoms with van der Waals surface area (Å²) in [5.74, 6) is -0.189. The second kappa shape index (κ2) is 54.3. The molecule has 0 fully saturated rings. The van der Waals surface area contributed by atoms with E-state index in [1.807, 2.05) is 27.2 Å². The topological polar surface area (TPSA) is 105 Å². The van der Waals surface area contributed by atoms with Gasteiger partial charge < -0.3 is 19.8 Å². The van der Waals surface area contributed by atoms with Crippen molar-refractivity contribution in [2.24, 2.45) is 0 Å². The number of allylic oxidation sites excluding steroid dienone is 7. The van der Waals surface area contributed by atoms with Crippen molar-refractivity contribution in [1.82, 2.24) is 5.32 Å². The van der Waals surface area contributed by atoms with Gasteiger partial charge in [-0.05, 0) is 70.6 Å². The summed E-state index contributed by atoms with van der Waals surface area (Å²) in [5.41, 5.74) is 0. The quantitative estimate of drug-likeness (QED) is 0.0243. The monoisotopic (exact) mass is 1030 g/mol. The van der Waals surface area contributed by atoms with Crippen molar-refractivity contribution in [1.29, 1.82) is 0 Å². The van der Waals surface area contributed by atoms with E-state index in [1.54, 1.807) is 6.08 Å². The molecule has 0 aliphatic carbocycles. The number of aliphatic hydroxyl groups is 1. The number of likely N-dealkylation sites (N-methyl/N-ethyl adjacent to an activating group) is 1. The maximum Gasteiger partial charge on any atom is 0.472 e. The lowest BCUT2D eigenvalue weighted by Crippen LogP contribution is -2.45. The zero-order valence-electron chi connectivity index (χ0n) is 48.4. The van der Waals surface area contributed by atoms with Gasteiger partial charge in [0.2, 0.25) is 5.91 Å². The standard InChI is InChI=1S/C63H121N2O6P/c1-6-8-10-12-14-16-18-20-22-24-26-28-30-31-32-33-35-36-38-40-42-44-46-48-50-52-54-56-62(66)61(60-71-72(68,69)70-59-58-65(3,4)5)64-63(67)57-55-53-51-49-47-45-43-41-39-37-34-29-27-25-23-21-19-17-15-13-11-9-7-2/h25,27,38,40,46,48,54,56,61-62,66H,6-24,26,28-37,39,41-45,47,49-53,55,57-60H2,1-5H3,(H-,64,67,68,69)/p+1/b27-25-,40-38+,48-46+,56-54+. The van der Waals surface area contributed by atoms with Crippen LogP contribution in [0.3, 0.4) is 0 Å². The van der Waals surface area contributed by atoms with E-state index in [-0.39, 0.29) is 19.1 Å². The largest absolute Gasteiger partial charge is 0.472 e. The Kier molecular flexibility index (Phi) is 53.1. The number of aliphatic hydroxyl groups excluding tert-OH is 1. The molecule has 1 amide bonds. The number of nitrogens with zero attached hydrogens (tertiary/aromatic N) is 1. The molecule has 0 aliphatic rings. The fraction of sp³-hybridized carbons (Fsp3) is 0.857. The van der Waals surface area contributed by atoms with E-state index < -0.39 is 20.0 Å². The molecule has 0 saturated heterocycles. The molecule has 0 spiro atoms. The lowest BCUT2D eigenvalue weighted by molar-refractivity contribution is -0.870. The summed E-state index contributed by atoms with van der Waals surface area (Å²) in [6.07, 6.45) is 72.3. The summed E-state index contributed by atoms with van der Waals surface area (Å²) < 4.78 is 23.7. The fourth-order valence-electron chi connectivity index (χ4n) is 9.13. The van der Waals surface area contributed by atoms with E-state index in [0.29, 0.717) is 17.4 Å². The number of carbonyl (C=O) groups excluding carboxylic acids is 1. The average molecular weight is 1030 g/mol. The number of phosphoric ester groups is 1. The summed E-state index contributed by atoms with van der Waals surface area (Å²) in [7, 11) is 1.55. The van der Waals surface area contributed by atoms with Crippen molar-refractivity contribution >= 4 is 13.7 Å². The zero-order valence-corrected chi connectivity index (χ0v) is 49.3. The first-order chi connectivity index (χ1) is 35.0. The van der Waals surface area contributed by atoms with E-state index >= 15 is 0 Å². The summed E-state index contributed by atoms with van der Waals surface area (Å²) in [6.45, 7) is 4.82. The van der Waals surface area contributed by atoms with Gasteiger partial charge in [0.1, 0.15) is 13.2 Å². The van der Waals surface area contributed by atoms with Crippen LogP contribution >= 0.6 is 7.82 Å². The molecule has 8 nitrogen and oxygen atoms in total. The van der Waals surface area contributed by atoms with Crippen molar-refractivity contribution in [3.8, 4) is 0 Å². The van der Waals surface area contributed by atoms with E-state index in [0.717, 1.165) is 44.9 Å². The summed E-state index contributed by atoms with van der Waals surface area (Å²) in [6, 6.07) is -0.872. The molecule has 0 aliphatic heterocycles. The van der Waals surface area contributed by atoms with Gasteiger partial charge in [-0.25, -0.2) is 4.57 Å². The third-order valence-corrected chi connectivity index (χ3v) is 15.0. The van der Waals surface area contributed by atoms with Crippen LogP contribution in [0.1, 0.15) is 296 Å². The van der Waals surface area contributed by atoms with Crippen molar-refractivity contribution < 1.29 is 32.9 Å². The maximum atomic E-state index is 13.0. The minimum Gasteiger partial charge on any atom is -0.387 e. The van der Waals surface area contributed by atoms with Gasteiger partial charge in [0.05, 0.1) is 39.9 Å². The molecule has 0 aromatic rings. The number of carbonyl (C=O) groups is 1. The van der Waals surface area contributed by atoms with Crippen LogP contribution in [0.2, 0.25) is 0 Å². The van der Waals surface area contributed by atoms with Crippen molar-refractivity contribution in [3.05, 3.63) is 48.6 Å². The SMILES string of the molecule is CCCCCCCCCC/C=C\CCCCCCCCCCCCCC(=O)NC(COP(=O)(O)OCC[N+](C)(C)C)C(O)/C=C/CC/C=C/CC/C=C/CCCCCCCCCCCCCCCCCCC. The Morgan fingerprint density at radius 2 is 0.764 bits per heavy atom. The van der Waals surface area contributed by atoms with Crippen molar-refractivity contribution in [3.63, 3.8) is 0 Å². The van der Waals surface area contributed by atoms with Gasteiger partial charge in [0, 0.05) is 6.42 Å². The molecule has 0 aromatic heterocycles. The van der Waals surface area contributed by atoms with E-state index in [4.69, 9.17) is 9.05 Å². The molecule has 3 atom stereocenters. The Morgan fingerprint density at radius 1 is 0.458 bits per heavy atom. The fourth-order valence-corrected chi connectivity index (χ4v) is 9.87. The van der Waals surface area contributed by atoms with Gasteiger partial charge in [-0.1, -0.05) is 268 Å². The highest BCUT2D eigenvalue weighted by molar-refractivity contribution is 7.47. The van der Waals surface area contributed by atoms with Gasteiger partial charge >= 0.3 is 7.82 Å². The van der Waals surface area contributed by atoms with Crippen LogP contribution in [0.15, 0.2) is 48.6 Å².